The smallest absolute Gasteiger partial charge is 0.159 e. The van der Waals surface area contributed by atoms with Crippen LogP contribution in [0, 0.1) is 11.8 Å². The van der Waals surface area contributed by atoms with Crippen molar-refractivity contribution in [2.24, 2.45) is 11.8 Å². The Hall–Kier alpha value is -1.02. The van der Waals surface area contributed by atoms with Crippen LogP contribution in [0.2, 0.25) is 5.02 Å². The first-order chi connectivity index (χ1) is 8.90. The topological polar surface area (TPSA) is 20.3 Å². The summed E-state index contributed by atoms with van der Waals surface area (Å²) in [7, 11) is 0. The second-order valence-electron chi connectivity index (χ2n) is 5.93. The van der Waals surface area contributed by atoms with Crippen LogP contribution in [0.5, 0.6) is 0 Å². The van der Waals surface area contributed by atoms with Gasteiger partial charge in [-0.15, -0.1) is 0 Å². The lowest BCUT2D eigenvalue weighted by Crippen LogP contribution is -2.46. The molecule has 3 unspecified atom stereocenters. The Morgan fingerprint density at radius 2 is 2.00 bits per heavy atom. The molecule has 1 fully saturated rings. The van der Waals surface area contributed by atoms with Crippen LogP contribution in [0.3, 0.4) is 0 Å². The van der Waals surface area contributed by atoms with E-state index in [1.807, 2.05) is 12.1 Å². The van der Waals surface area contributed by atoms with Gasteiger partial charge in [-0.25, -0.2) is 0 Å². The summed E-state index contributed by atoms with van der Waals surface area (Å²) in [4.78, 5) is 13.8. The molecule has 0 saturated carbocycles. The molecule has 0 amide bonds. The molecular weight excluding hydrogens is 258 g/mol. The van der Waals surface area contributed by atoms with E-state index >= 15 is 0 Å². The number of nitrogens with zero attached hydrogens (tertiary/aromatic N) is 1. The Kier molecular flexibility index (Phi) is 4.19. The highest BCUT2D eigenvalue weighted by atomic mass is 35.5. The average Bonchev–Trinajstić information content (AvgIpc) is 2.33. The Morgan fingerprint density at radius 1 is 1.32 bits per heavy atom. The van der Waals surface area contributed by atoms with E-state index in [2.05, 4.69) is 25.7 Å². The summed E-state index contributed by atoms with van der Waals surface area (Å²) in [5.41, 5.74) is 1.73. The molecule has 0 aromatic heterocycles. The summed E-state index contributed by atoms with van der Waals surface area (Å²) in [6, 6.07) is 6.13. The fourth-order valence-electron chi connectivity index (χ4n) is 2.99. The van der Waals surface area contributed by atoms with Gasteiger partial charge in [-0.3, -0.25) is 4.79 Å². The number of hydrogen-bond donors (Lipinski definition) is 0. The minimum atomic E-state index is 0.0573. The van der Waals surface area contributed by atoms with Crippen LogP contribution in [0.25, 0.3) is 0 Å². The molecule has 1 aromatic carbocycles. The van der Waals surface area contributed by atoms with Gasteiger partial charge in [0.2, 0.25) is 0 Å². The molecule has 2 rings (SSSR count). The fraction of sp³-hybridized carbons (Fsp3) is 0.562. The first kappa shape index (κ1) is 14.4. The maximum Gasteiger partial charge on any atom is 0.159 e. The van der Waals surface area contributed by atoms with Crippen LogP contribution in [0.4, 0.5) is 5.69 Å². The summed E-state index contributed by atoms with van der Waals surface area (Å²) < 4.78 is 0. The molecule has 2 nitrogen and oxygen atoms in total. The van der Waals surface area contributed by atoms with E-state index in [0.29, 0.717) is 28.5 Å². The second-order valence-corrected chi connectivity index (χ2v) is 6.34. The lowest BCUT2D eigenvalue weighted by Gasteiger charge is -2.43. The molecule has 1 aromatic rings. The first-order valence-electron chi connectivity index (χ1n) is 6.97. The highest BCUT2D eigenvalue weighted by Gasteiger charge is 2.29. The highest BCUT2D eigenvalue weighted by molar-refractivity contribution is 6.33. The van der Waals surface area contributed by atoms with Crippen molar-refractivity contribution < 1.29 is 4.79 Å². The largest absolute Gasteiger partial charge is 0.367 e. The van der Waals surface area contributed by atoms with Gasteiger partial charge in [0.1, 0.15) is 0 Å². The zero-order chi connectivity index (χ0) is 14.2. The number of ketones is 1. The van der Waals surface area contributed by atoms with Crippen LogP contribution in [-0.2, 0) is 0 Å². The molecule has 0 N–H and O–H groups in total. The molecule has 1 aliphatic heterocycles. The molecule has 19 heavy (non-hydrogen) atoms. The number of anilines is 1. The van der Waals surface area contributed by atoms with Crippen LogP contribution >= 0.6 is 11.6 Å². The van der Waals surface area contributed by atoms with Crippen molar-refractivity contribution in [2.45, 2.75) is 40.2 Å². The van der Waals surface area contributed by atoms with E-state index in [1.54, 1.807) is 13.0 Å². The summed E-state index contributed by atoms with van der Waals surface area (Å²) in [5.74, 6) is 1.39. The van der Waals surface area contributed by atoms with E-state index in [-0.39, 0.29) is 5.78 Å². The predicted octanol–water partition coefficient (Wildman–Crippen LogP) is 4.41. The number of piperidine rings is 1. The fourth-order valence-corrected chi connectivity index (χ4v) is 3.28. The second kappa shape index (κ2) is 5.54. The average molecular weight is 280 g/mol. The number of hydrogen-bond acceptors (Lipinski definition) is 2. The van der Waals surface area contributed by atoms with Gasteiger partial charge in [0.05, 0.1) is 10.7 Å². The maximum absolute atomic E-state index is 11.4. The minimum Gasteiger partial charge on any atom is -0.367 e. The van der Waals surface area contributed by atoms with Gasteiger partial charge in [0, 0.05) is 18.2 Å². The molecule has 0 bridgehead atoms. The van der Waals surface area contributed by atoms with E-state index in [0.717, 1.165) is 12.2 Å². The van der Waals surface area contributed by atoms with E-state index < -0.39 is 0 Å². The zero-order valence-corrected chi connectivity index (χ0v) is 12.9. The highest BCUT2D eigenvalue weighted by Crippen LogP contribution is 2.35. The molecule has 0 aliphatic carbocycles. The minimum absolute atomic E-state index is 0.0573. The van der Waals surface area contributed by atoms with Crippen molar-refractivity contribution in [3.05, 3.63) is 28.8 Å². The number of halogens is 1. The van der Waals surface area contributed by atoms with Crippen LogP contribution in [0.15, 0.2) is 18.2 Å². The predicted molar refractivity (Wildman–Crippen MR) is 81.2 cm³/mol. The molecule has 1 saturated heterocycles. The molecule has 0 spiro atoms. The Bertz CT molecular complexity index is 486. The maximum atomic E-state index is 11.4. The van der Waals surface area contributed by atoms with Gasteiger partial charge in [0.15, 0.2) is 5.78 Å². The van der Waals surface area contributed by atoms with E-state index in [4.69, 9.17) is 11.6 Å². The normalized spacial score (nSPS) is 27.4. The summed E-state index contributed by atoms with van der Waals surface area (Å²) in [6.45, 7) is 9.44. The summed E-state index contributed by atoms with van der Waals surface area (Å²) in [5, 5.41) is 0.681. The van der Waals surface area contributed by atoms with E-state index in [1.165, 1.54) is 6.42 Å². The third-order valence-corrected chi connectivity index (χ3v) is 4.56. The molecule has 1 heterocycles. The first-order valence-corrected chi connectivity index (χ1v) is 7.35. The molecule has 3 heteroatoms. The molecule has 104 valence electrons. The quantitative estimate of drug-likeness (QED) is 0.747. The SMILES string of the molecule is CC(=O)c1ccc(N2CC(C)CC(C)C2C)c(Cl)c1. The standard InChI is InChI=1S/C16H22ClNO/c1-10-7-11(2)12(3)18(9-10)16-6-5-14(13(4)19)8-15(16)17/h5-6,8,10-12H,7,9H2,1-4H3. The third-order valence-electron chi connectivity index (χ3n) is 4.26. The van der Waals surface area contributed by atoms with Crippen molar-refractivity contribution in [3.63, 3.8) is 0 Å². The molecule has 0 radical (unpaired) electrons. The van der Waals surface area contributed by atoms with Gasteiger partial charge in [0.25, 0.3) is 0 Å². The number of rotatable bonds is 2. The van der Waals surface area contributed by atoms with Crippen molar-refractivity contribution in [1.29, 1.82) is 0 Å². The van der Waals surface area contributed by atoms with Crippen LogP contribution in [-0.4, -0.2) is 18.4 Å². The van der Waals surface area contributed by atoms with Crippen molar-refractivity contribution in [3.8, 4) is 0 Å². The molecular formula is C16H22ClNO. The lowest BCUT2D eigenvalue weighted by atomic mass is 9.85. The lowest BCUT2D eigenvalue weighted by molar-refractivity contribution is 0.101. The van der Waals surface area contributed by atoms with Crippen LogP contribution < -0.4 is 4.90 Å². The number of carbonyl (C=O) groups excluding carboxylic acids is 1. The molecule has 1 aliphatic rings. The number of carbonyl (C=O) groups is 1. The zero-order valence-electron chi connectivity index (χ0n) is 12.1. The third kappa shape index (κ3) is 2.94. The Labute approximate surface area is 120 Å². The van der Waals surface area contributed by atoms with Crippen LogP contribution in [0.1, 0.15) is 44.5 Å². The van der Waals surface area contributed by atoms with Gasteiger partial charge >= 0.3 is 0 Å². The van der Waals surface area contributed by atoms with Crippen molar-refractivity contribution in [1.82, 2.24) is 0 Å². The summed E-state index contributed by atoms with van der Waals surface area (Å²) >= 11 is 6.37. The van der Waals surface area contributed by atoms with Gasteiger partial charge < -0.3 is 4.90 Å². The monoisotopic (exact) mass is 279 g/mol. The van der Waals surface area contributed by atoms with Gasteiger partial charge in [-0.2, -0.15) is 0 Å². The summed E-state index contributed by atoms with van der Waals surface area (Å²) in [6.07, 6.45) is 1.26. The Morgan fingerprint density at radius 3 is 2.58 bits per heavy atom. The van der Waals surface area contributed by atoms with Gasteiger partial charge in [-0.05, 0) is 50.3 Å². The van der Waals surface area contributed by atoms with Crippen molar-refractivity contribution >= 4 is 23.1 Å². The molecule has 3 atom stereocenters. The number of benzene rings is 1. The van der Waals surface area contributed by atoms with E-state index in [9.17, 15) is 4.79 Å². The van der Waals surface area contributed by atoms with Gasteiger partial charge in [-0.1, -0.05) is 25.4 Å². The number of Topliss-reactive ketones (excluding diaryl/α,β-unsaturated/α-hetero) is 1. The van der Waals surface area contributed by atoms with Crippen molar-refractivity contribution in [2.75, 3.05) is 11.4 Å². The Balaban J connectivity index is 2.32.